The smallest absolute Gasteiger partial charge is 0.144 e. The largest absolute Gasteiger partial charge is 0.299 e. The summed E-state index contributed by atoms with van der Waals surface area (Å²) in [5.41, 5.74) is 2.62. The van der Waals surface area contributed by atoms with Crippen LogP contribution in [-0.4, -0.2) is 11.6 Å². The molecule has 0 saturated heterocycles. The lowest BCUT2D eigenvalue weighted by molar-refractivity contribution is -0.123. The van der Waals surface area contributed by atoms with Crippen LogP contribution in [0.4, 0.5) is 0 Å². The van der Waals surface area contributed by atoms with Gasteiger partial charge in [0, 0.05) is 11.8 Å². The van der Waals surface area contributed by atoms with E-state index in [0.29, 0.717) is 0 Å². The van der Waals surface area contributed by atoms with E-state index in [1.54, 1.807) is 0 Å². The Bertz CT molecular complexity index is 284. The van der Waals surface area contributed by atoms with Crippen LogP contribution in [0.25, 0.3) is 0 Å². The van der Waals surface area contributed by atoms with Gasteiger partial charge in [0.05, 0.1) is 6.42 Å². The monoisotopic (exact) mass is 208 g/mol. The Labute approximate surface area is 91.7 Å². The Balaban J connectivity index is 0.000000531. The first-order chi connectivity index (χ1) is 7.09. The molecule has 2 aliphatic carbocycles. The van der Waals surface area contributed by atoms with Crippen LogP contribution in [0.3, 0.4) is 0 Å². The summed E-state index contributed by atoms with van der Waals surface area (Å²) in [5, 5.41) is 0. The Morgan fingerprint density at radius 3 is 1.73 bits per heavy atom. The van der Waals surface area contributed by atoms with Gasteiger partial charge in [0.25, 0.3) is 0 Å². The molecule has 0 aromatic carbocycles. The number of Topliss-reactive ketones (excluding diaryl/α,β-unsaturated/α-hetero) is 2. The Kier molecular flexibility index (Phi) is 3.83. The molecule has 2 atom stereocenters. The van der Waals surface area contributed by atoms with Crippen LogP contribution in [0, 0.1) is 11.8 Å². The molecule has 2 unspecified atom stereocenters. The van der Waals surface area contributed by atoms with Crippen molar-refractivity contribution in [2.75, 3.05) is 0 Å². The van der Waals surface area contributed by atoms with E-state index in [4.69, 9.17) is 0 Å². The minimum Gasteiger partial charge on any atom is -0.299 e. The highest BCUT2D eigenvalue weighted by atomic mass is 16.2. The third kappa shape index (κ3) is 2.19. The molecule has 2 fully saturated rings. The van der Waals surface area contributed by atoms with Gasteiger partial charge in [0.15, 0.2) is 0 Å². The van der Waals surface area contributed by atoms with Gasteiger partial charge in [-0.05, 0) is 26.7 Å². The highest BCUT2D eigenvalue weighted by molar-refractivity contribution is 6.09. The van der Waals surface area contributed by atoms with Crippen LogP contribution < -0.4 is 0 Å². The molecule has 0 aromatic rings. The van der Waals surface area contributed by atoms with Gasteiger partial charge in [0.2, 0.25) is 0 Å². The summed E-state index contributed by atoms with van der Waals surface area (Å²) in [6.45, 7) is 8.12. The fraction of sp³-hybridized carbons (Fsp3) is 0.692. The Hall–Kier alpha value is -0.920. The second-order valence-electron chi connectivity index (χ2n) is 4.33. The minimum absolute atomic E-state index is 0.0393. The molecule has 0 N–H and O–H groups in total. The van der Waals surface area contributed by atoms with Crippen LogP contribution >= 0.6 is 0 Å². The number of carbonyl (C=O) groups is 2. The first kappa shape index (κ1) is 12.2. The standard InChI is InChI=1S/C11H14O2.C2H6/c1-6(2)7-3-8-9(4-7)11(13)5-10(8)12;1-2/h8-9H,3-5H2,1-2H3;1-2H3. The van der Waals surface area contributed by atoms with Gasteiger partial charge >= 0.3 is 0 Å². The molecule has 2 rings (SSSR count). The van der Waals surface area contributed by atoms with Crippen molar-refractivity contribution in [2.24, 2.45) is 11.8 Å². The molecule has 2 saturated carbocycles. The molecular weight excluding hydrogens is 188 g/mol. The molecule has 15 heavy (non-hydrogen) atoms. The molecule has 0 spiro atoms. The highest BCUT2D eigenvalue weighted by Gasteiger charge is 2.45. The summed E-state index contributed by atoms with van der Waals surface area (Å²) < 4.78 is 0. The molecule has 0 radical (unpaired) electrons. The molecular formula is C13H20O2. The molecule has 84 valence electrons. The topological polar surface area (TPSA) is 34.1 Å². The number of hydrogen-bond donors (Lipinski definition) is 0. The maximum atomic E-state index is 11.4. The van der Waals surface area contributed by atoms with Crippen LogP contribution in [-0.2, 0) is 9.59 Å². The van der Waals surface area contributed by atoms with Gasteiger partial charge in [0.1, 0.15) is 11.6 Å². The molecule has 0 aliphatic heterocycles. The SMILES string of the molecule is CC.CC(C)=C1CC2C(=O)CC(=O)C2C1. The Morgan fingerprint density at radius 2 is 1.40 bits per heavy atom. The second kappa shape index (κ2) is 4.73. The van der Waals surface area contributed by atoms with Gasteiger partial charge < -0.3 is 0 Å². The first-order valence-corrected chi connectivity index (χ1v) is 5.80. The summed E-state index contributed by atoms with van der Waals surface area (Å²) >= 11 is 0. The van der Waals surface area contributed by atoms with Gasteiger partial charge in [-0.15, -0.1) is 0 Å². The zero-order valence-electron chi connectivity index (χ0n) is 10.1. The van der Waals surface area contributed by atoms with Crippen LogP contribution in [0.1, 0.15) is 47.0 Å². The summed E-state index contributed by atoms with van der Waals surface area (Å²) in [6.07, 6.45) is 1.89. The fourth-order valence-electron chi connectivity index (χ4n) is 2.42. The number of hydrogen-bond acceptors (Lipinski definition) is 2. The number of carbonyl (C=O) groups excluding carboxylic acids is 2. The van der Waals surface area contributed by atoms with E-state index < -0.39 is 0 Å². The van der Waals surface area contributed by atoms with Gasteiger partial charge in [-0.3, -0.25) is 9.59 Å². The van der Waals surface area contributed by atoms with E-state index in [-0.39, 0.29) is 29.8 Å². The van der Waals surface area contributed by atoms with Gasteiger partial charge in [-0.2, -0.15) is 0 Å². The summed E-state index contributed by atoms with van der Waals surface area (Å²) in [4.78, 5) is 22.8. The van der Waals surface area contributed by atoms with Gasteiger partial charge in [-0.25, -0.2) is 0 Å². The number of fused-ring (bicyclic) bond motifs is 1. The van der Waals surface area contributed by atoms with E-state index >= 15 is 0 Å². The van der Waals surface area contributed by atoms with E-state index in [2.05, 4.69) is 13.8 Å². The predicted octanol–water partition coefficient (Wildman–Crippen LogP) is 2.92. The molecule has 0 heterocycles. The van der Waals surface area contributed by atoms with Crippen molar-refractivity contribution >= 4 is 11.6 Å². The van der Waals surface area contributed by atoms with Crippen molar-refractivity contribution in [3.63, 3.8) is 0 Å². The number of rotatable bonds is 0. The summed E-state index contributed by atoms with van der Waals surface area (Å²) in [6, 6.07) is 0. The molecule has 2 aliphatic rings. The normalized spacial score (nSPS) is 28.7. The van der Waals surface area contributed by atoms with E-state index in [1.165, 1.54) is 11.1 Å². The zero-order valence-corrected chi connectivity index (χ0v) is 10.1. The maximum absolute atomic E-state index is 11.4. The number of allylic oxidation sites excluding steroid dienone is 2. The van der Waals surface area contributed by atoms with Crippen LogP contribution in [0.15, 0.2) is 11.1 Å². The van der Waals surface area contributed by atoms with Crippen molar-refractivity contribution < 1.29 is 9.59 Å². The zero-order chi connectivity index (χ0) is 11.6. The fourth-order valence-corrected chi connectivity index (χ4v) is 2.42. The van der Waals surface area contributed by atoms with Crippen molar-refractivity contribution in [1.82, 2.24) is 0 Å². The predicted molar refractivity (Wildman–Crippen MR) is 60.6 cm³/mol. The lowest BCUT2D eigenvalue weighted by atomic mass is 10.00. The Morgan fingerprint density at radius 1 is 1.00 bits per heavy atom. The summed E-state index contributed by atoms with van der Waals surface area (Å²) in [7, 11) is 0. The highest BCUT2D eigenvalue weighted by Crippen LogP contribution is 2.43. The molecule has 2 heteroatoms. The van der Waals surface area contributed by atoms with E-state index in [1.807, 2.05) is 13.8 Å². The number of ketones is 2. The lowest BCUT2D eigenvalue weighted by Gasteiger charge is -2.01. The first-order valence-electron chi connectivity index (χ1n) is 5.80. The third-order valence-corrected chi connectivity index (χ3v) is 3.30. The van der Waals surface area contributed by atoms with Crippen LogP contribution in [0.2, 0.25) is 0 Å². The van der Waals surface area contributed by atoms with E-state index in [0.717, 1.165) is 12.8 Å². The van der Waals surface area contributed by atoms with Crippen molar-refractivity contribution in [1.29, 1.82) is 0 Å². The average molecular weight is 208 g/mol. The molecule has 0 amide bonds. The van der Waals surface area contributed by atoms with Crippen molar-refractivity contribution in [3.8, 4) is 0 Å². The quantitative estimate of drug-likeness (QED) is 0.453. The van der Waals surface area contributed by atoms with Crippen molar-refractivity contribution in [3.05, 3.63) is 11.1 Å². The van der Waals surface area contributed by atoms with Crippen LogP contribution in [0.5, 0.6) is 0 Å². The lowest BCUT2D eigenvalue weighted by Crippen LogP contribution is -2.09. The average Bonchev–Trinajstić information content (AvgIpc) is 2.73. The van der Waals surface area contributed by atoms with Crippen molar-refractivity contribution in [2.45, 2.75) is 47.0 Å². The summed E-state index contributed by atoms with van der Waals surface area (Å²) in [5.74, 6) is 0.423. The molecule has 0 bridgehead atoms. The molecule has 0 aromatic heterocycles. The third-order valence-electron chi connectivity index (χ3n) is 3.30. The maximum Gasteiger partial charge on any atom is 0.144 e. The minimum atomic E-state index is 0.0393. The molecule has 2 nitrogen and oxygen atoms in total. The van der Waals surface area contributed by atoms with E-state index in [9.17, 15) is 9.59 Å². The van der Waals surface area contributed by atoms with Gasteiger partial charge in [-0.1, -0.05) is 25.0 Å². The second-order valence-corrected chi connectivity index (χ2v) is 4.33.